The third kappa shape index (κ3) is 8.05. The number of benzene rings is 1. The zero-order valence-electron chi connectivity index (χ0n) is 17.9. The minimum absolute atomic E-state index is 0.168. The van der Waals surface area contributed by atoms with Crippen LogP contribution >= 0.6 is 11.6 Å². The van der Waals surface area contributed by atoms with E-state index in [0.29, 0.717) is 17.1 Å². The van der Waals surface area contributed by atoms with Gasteiger partial charge in [0, 0.05) is 31.2 Å². The van der Waals surface area contributed by atoms with Crippen LogP contribution in [0.5, 0.6) is 0 Å². The second kappa shape index (κ2) is 12.6. The molecule has 3 N–H and O–H groups in total. The highest BCUT2D eigenvalue weighted by atomic mass is 35.5. The van der Waals surface area contributed by atoms with Crippen molar-refractivity contribution in [2.45, 2.75) is 25.4 Å². The van der Waals surface area contributed by atoms with E-state index in [0.717, 1.165) is 10.2 Å². The van der Waals surface area contributed by atoms with Gasteiger partial charge in [-0.3, -0.25) is 19.1 Å². The van der Waals surface area contributed by atoms with Crippen molar-refractivity contribution in [3.63, 3.8) is 0 Å². The molecular formula is C21H22ClF2N5O5. The van der Waals surface area contributed by atoms with Crippen LogP contribution in [0.15, 0.2) is 53.7 Å². The van der Waals surface area contributed by atoms with Crippen molar-refractivity contribution >= 4 is 23.5 Å². The summed E-state index contributed by atoms with van der Waals surface area (Å²) in [6.45, 7) is -0.662. The SMILES string of the molecule is Cn1cc(-n2nccc(C(=O)NCC(O)C(F)F)c2=O)cn1.O=C(O)CCc1ccc(Cl)cc1. The Morgan fingerprint density at radius 3 is 2.41 bits per heavy atom. The van der Waals surface area contributed by atoms with E-state index >= 15 is 0 Å². The van der Waals surface area contributed by atoms with Gasteiger partial charge in [0.1, 0.15) is 17.4 Å². The van der Waals surface area contributed by atoms with Crippen LogP contribution < -0.4 is 10.9 Å². The molecule has 2 heterocycles. The van der Waals surface area contributed by atoms with Gasteiger partial charge in [-0.25, -0.2) is 8.78 Å². The second-order valence-electron chi connectivity index (χ2n) is 6.97. The Labute approximate surface area is 197 Å². The first kappa shape index (κ1) is 26.6. The lowest BCUT2D eigenvalue weighted by molar-refractivity contribution is -0.136. The van der Waals surface area contributed by atoms with E-state index in [2.05, 4.69) is 15.5 Å². The molecule has 0 radical (unpaired) electrons. The summed E-state index contributed by atoms with van der Waals surface area (Å²) in [5.74, 6) is -1.64. The molecule has 0 bridgehead atoms. The molecule has 34 heavy (non-hydrogen) atoms. The molecule has 13 heteroatoms. The van der Waals surface area contributed by atoms with Gasteiger partial charge in [0.05, 0.1) is 12.4 Å². The average Bonchev–Trinajstić information content (AvgIpc) is 3.23. The first-order valence-corrected chi connectivity index (χ1v) is 10.2. The number of nitrogens with one attached hydrogen (secondary N) is 1. The number of carbonyl (C=O) groups is 2. The molecule has 3 rings (SSSR count). The van der Waals surface area contributed by atoms with Crippen molar-refractivity contribution < 1.29 is 28.6 Å². The van der Waals surface area contributed by atoms with Crippen LogP contribution in [0.4, 0.5) is 8.78 Å². The third-order valence-electron chi connectivity index (χ3n) is 4.33. The molecule has 1 atom stereocenters. The van der Waals surface area contributed by atoms with E-state index in [1.807, 2.05) is 12.1 Å². The molecule has 10 nitrogen and oxygen atoms in total. The molecule has 182 valence electrons. The number of carbonyl (C=O) groups excluding carboxylic acids is 1. The fourth-order valence-corrected chi connectivity index (χ4v) is 2.70. The summed E-state index contributed by atoms with van der Waals surface area (Å²) in [7, 11) is 1.65. The predicted octanol–water partition coefficient (Wildman–Crippen LogP) is 1.68. The number of alkyl halides is 2. The van der Waals surface area contributed by atoms with Gasteiger partial charge in [-0.05, 0) is 30.2 Å². The number of hydrogen-bond donors (Lipinski definition) is 3. The third-order valence-corrected chi connectivity index (χ3v) is 4.58. The highest BCUT2D eigenvalue weighted by Gasteiger charge is 2.20. The number of nitrogens with zero attached hydrogens (tertiary/aromatic N) is 4. The van der Waals surface area contributed by atoms with E-state index in [1.165, 1.54) is 29.3 Å². The van der Waals surface area contributed by atoms with Crippen molar-refractivity contribution in [1.82, 2.24) is 24.9 Å². The molecular weight excluding hydrogens is 476 g/mol. The van der Waals surface area contributed by atoms with Crippen LogP contribution in [0.25, 0.3) is 5.69 Å². The number of amides is 1. The summed E-state index contributed by atoms with van der Waals surface area (Å²) >= 11 is 5.66. The van der Waals surface area contributed by atoms with Crippen LogP contribution in [-0.4, -0.2) is 60.7 Å². The molecule has 0 fully saturated rings. The van der Waals surface area contributed by atoms with Crippen molar-refractivity contribution in [2.75, 3.05) is 6.54 Å². The van der Waals surface area contributed by atoms with E-state index < -0.39 is 36.5 Å². The Bertz CT molecular complexity index is 1170. The lowest BCUT2D eigenvalue weighted by atomic mass is 10.1. The molecule has 0 saturated heterocycles. The Morgan fingerprint density at radius 2 is 1.85 bits per heavy atom. The van der Waals surface area contributed by atoms with Gasteiger partial charge in [0.15, 0.2) is 0 Å². The average molecular weight is 498 g/mol. The van der Waals surface area contributed by atoms with Crippen molar-refractivity contribution in [2.24, 2.45) is 7.05 Å². The van der Waals surface area contributed by atoms with Gasteiger partial charge in [-0.15, -0.1) is 0 Å². The number of aliphatic carboxylic acids is 1. The van der Waals surface area contributed by atoms with Crippen molar-refractivity contribution in [3.05, 3.63) is 75.4 Å². The molecule has 0 aliphatic heterocycles. The largest absolute Gasteiger partial charge is 0.481 e. The van der Waals surface area contributed by atoms with Gasteiger partial charge in [-0.2, -0.15) is 14.9 Å². The number of aryl methyl sites for hydroxylation is 2. The molecule has 0 saturated carbocycles. The van der Waals surface area contributed by atoms with Gasteiger partial charge in [-0.1, -0.05) is 23.7 Å². The first-order valence-electron chi connectivity index (χ1n) is 9.86. The van der Waals surface area contributed by atoms with Crippen LogP contribution in [0, 0.1) is 0 Å². The lowest BCUT2D eigenvalue weighted by Gasteiger charge is -2.10. The van der Waals surface area contributed by atoms with E-state index in [9.17, 15) is 23.2 Å². The molecule has 0 aliphatic rings. The quantitative estimate of drug-likeness (QED) is 0.430. The Balaban J connectivity index is 0.000000287. The zero-order chi connectivity index (χ0) is 25.3. The zero-order valence-corrected chi connectivity index (χ0v) is 18.7. The Kier molecular flexibility index (Phi) is 9.83. The maximum Gasteiger partial charge on any atom is 0.303 e. The summed E-state index contributed by atoms with van der Waals surface area (Å²) in [6, 6.07) is 8.37. The van der Waals surface area contributed by atoms with Crippen LogP contribution in [0.2, 0.25) is 5.02 Å². The van der Waals surface area contributed by atoms with Crippen LogP contribution in [0.3, 0.4) is 0 Å². The molecule has 2 aromatic heterocycles. The number of rotatable bonds is 8. The van der Waals surface area contributed by atoms with E-state index in [1.54, 1.807) is 19.2 Å². The minimum atomic E-state index is -2.98. The smallest absolute Gasteiger partial charge is 0.303 e. The number of aliphatic hydroxyl groups excluding tert-OH is 1. The monoisotopic (exact) mass is 497 g/mol. The Morgan fingerprint density at radius 1 is 1.18 bits per heavy atom. The molecule has 3 aromatic rings. The molecule has 1 unspecified atom stereocenters. The van der Waals surface area contributed by atoms with Crippen molar-refractivity contribution in [3.8, 4) is 5.69 Å². The number of carboxylic acids is 1. The maximum absolute atomic E-state index is 12.2. The van der Waals surface area contributed by atoms with E-state index in [4.69, 9.17) is 21.8 Å². The number of hydrogen-bond acceptors (Lipinski definition) is 6. The lowest BCUT2D eigenvalue weighted by Crippen LogP contribution is -2.39. The van der Waals surface area contributed by atoms with Gasteiger partial charge >= 0.3 is 5.97 Å². The molecule has 1 amide bonds. The standard InChI is InChI=1S/C12H13F2N5O3.C9H9ClO2/c1-18-6-7(4-17-18)19-12(22)8(2-3-16-19)11(21)15-5-9(20)10(13)14;10-8-4-1-7(2-5-8)3-6-9(11)12/h2-4,6,9-10,20H,5H2,1H3,(H,15,21);1-2,4-5H,3,6H2,(H,11,12). The summed E-state index contributed by atoms with van der Waals surface area (Å²) in [6.07, 6.45) is -0.107. The Hall–Kier alpha value is -3.64. The molecule has 1 aromatic carbocycles. The van der Waals surface area contributed by atoms with Crippen molar-refractivity contribution in [1.29, 1.82) is 0 Å². The van der Waals surface area contributed by atoms with Gasteiger partial charge in [0.2, 0.25) is 0 Å². The predicted molar refractivity (Wildman–Crippen MR) is 118 cm³/mol. The van der Waals surface area contributed by atoms with E-state index in [-0.39, 0.29) is 12.0 Å². The first-order chi connectivity index (χ1) is 16.1. The number of carboxylic acid groups (broad SMARTS) is 1. The second-order valence-corrected chi connectivity index (χ2v) is 7.40. The van der Waals surface area contributed by atoms with Crippen LogP contribution in [0.1, 0.15) is 22.3 Å². The highest BCUT2D eigenvalue weighted by Crippen LogP contribution is 2.10. The fraction of sp³-hybridized carbons (Fsp3) is 0.286. The van der Waals surface area contributed by atoms with Crippen LogP contribution in [-0.2, 0) is 18.3 Å². The topological polar surface area (TPSA) is 139 Å². The minimum Gasteiger partial charge on any atom is -0.481 e. The molecule has 0 spiro atoms. The summed E-state index contributed by atoms with van der Waals surface area (Å²) in [5, 5.41) is 27.8. The van der Waals surface area contributed by atoms with Gasteiger partial charge < -0.3 is 15.5 Å². The fourth-order valence-electron chi connectivity index (χ4n) is 2.57. The summed E-state index contributed by atoms with van der Waals surface area (Å²) in [4.78, 5) is 34.3. The normalized spacial score (nSPS) is 11.5. The number of aliphatic hydroxyl groups is 1. The van der Waals surface area contributed by atoms with Gasteiger partial charge in [0.25, 0.3) is 17.9 Å². The molecule has 0 aliphatic carbocycles. The summed E-state index contributed by atoms with van der Waals surface area (Å²) in [5.41, 5.74) is 0.358. The number of aromatic nitrogens is 4. The maximum atomic E-state index is 12.2. The summed E-state index contributed by atoms with van der Waals surface area (Å²) < 4.78 is 26.7. The number of halogens is 3. The highest BCUT2D eigenvalue weighted by molar-refractivity contribution is 6.30.